The Labute approximate surface area is 261 Å². The zero-order chi connectivity index (χ0) is 31.8. The zero-order valence-corrected chi connectivity index (χ0v) is 25.1. The summed E-state index contributed by atoms with van der Waals surface area (Å²) in [5, 5.41) is 16.3. The minimum atomic E-state index is -4.49. The van der Waals surface area contributed by atoms with Crippen LogP contribution in [0.4, 0.5) is 18.9 Å². The molecular weight excluding hydrogens is 609 g/mol. The molecule has 6 rings (SSSR count). The van der Waals surface area contributed by atoms with E-state index in [-0.39, 0.29) is 25.3 Å². The third-order valence-electron chi connectivity index (χ3n) is 8.72. The van der Waals surface area contributed by atoms with Crippen LogP contribution in [0.1, 0.15) is 50.5 Å². The van der Waals surface area contributed by atoms with Gasteiger partial charge >= 0.3 is 12.1 Å². The number of aliphatic carboxylic acids is 1. The van der Waals surface area contributed by atoms with Crippen molar-refractivity contribution in [1.29, 1.82) is 0 Å². The van der Waals surface area contributed by atoms with Crippen LogP contribution < -0.4 is 15.4 Å². The van der Waals surface area contributed by atoms with E-state index in [1.54, 1.807) is 0 Å². The molecular formula is C32H33F3N4O5S. The number of fused-ring (bicyclic) bond motifs is 3. The quantitative estimate of drug-likeness (QED) is 0.309. The van der Waals surface area contributed by atoms with Crippen molar-refractivity contribution in [3.63, 3.8) is 0 Å². The first-order valence-corrected chi connectivity index (χ1v) is 15.8. The van der Waals surface area contributed by atoms with Gasteiger partial charge in [0, 0.05) is 18.0 Å². The number of hydrogen-bond acceptors (Lipinski definition) is 7. The molecule has 13 heteroatoms. The molecule has 238 valence electrons. The van der Waals surface area contributed by atoms with Crippen LogP contribution in [-0.2, 0) is 20.6 Å². The van der Waals surface area contributed by atoms with E-state index < -0.39 is 53.2 Å². The summed E-state index contributed by atoms with van der Waals surface area (Å²) in [4.78, 5) is 46.2. The van der Waals surface area contributed by atoms with Crippen LogP contribution >= 0.6 is 11.3 Å². The summed E-state index contributed by atoms with van der Waals surface area (Å²) >= 11 is 1.35. The highest BCUT2D eigenvalue weighted by molar-refractivity contribution is 7.20. The monoisotopic (exact) mass is 642 g/mol. The van der Waals surface area contributed by atoms with Gasteiger partial charge < -0.3 is 25.4 Å². The molecule has 3 aliphatic rings. The summed E-state index contributed by atoms with van der Waals surface area (Å²) in [5.41, 5.74) is -1.13. The number of rotatable bonds is 5. The summed E-state index contributed by atoms with van der Waals surface area (Å²) in [6, 6.07) is 10.2. The lowest BCUT2D eigenvalue weighted by molar-refractivity contribution is -0.145. The Balaban J connectivity index is 1.28. The fourth-order valence-electron chi connectivity index (χ4n) is 6.15. The molecule has 0 bridgehead atoms. The number of amides is 2. The van der Waals surface area contributed by atoms with E-state index in [4.69, 9.17) is 4.74 Å². The van der Waals surface area contributed by atoms with Crippen LogP contribution in [0.5, 0.6) is 5.19 Å². The number of allylic oxidation sites excluding steroid dienone is 1. The Morgan fingerprint density at radius 2 is 1.89 bits per heavy atom. The van der Waals surface area contributed by atoms with Crippen molar-refractivity contribution in [3.8, 4) is 5.19 Å². The number of nitrogens with one attached hydrogen (secondary N) is 2. The molecule has 0 unspecified atom stereocenters. The first-order chi connectivity index (χ1) is 21.5. The molecule has 1 aliphatic carbocycles. The van der Waals surface area contributed by atoms with Crippen LogP contribution in [0, 0.1) is 5.92 Å². The van der Waals surface area contributed by atoms with Gasteiger partial charge in [0.2, 0.25) is 11.8 Å². The topological polar surface area (TPSA) is 121 Å². The zero-order valence-electron chi connectivity index (χ0n) is 24.3. The summed E-state index contributed by atoms with van der Waals surface area (Å²) in [6.07, 6.45) is 2.48. The highest BCUT2D eigenvalue weighted by Crippen LogP contribution is 2.45. The van der Waals surface area contributed by atoms with E-state index in [9.17, 15) is 32.7 Å². The molecule has 2 fully saturated rings. The van der Waals surface area contributed by atoms with E-state index in [0.717, 1.165) is 41.6 Å². The molecule has 2 amide bonds. The molecule has 3 heterocycles. The lowest BCUT2D eigenvalue weighted by Gasteiger charge is -2.30. The van der Waals surface area contributed by atoms with Gasteiger partial charge in [0.1, 0.15) is 23.7 Å². The lowest BCUT2D eigenvalue weighted by Crippen LogP contribution is -2.55. The summed E-state index contributed by atoms with van der Waals surface area (Å²) in [5.74, 6) is -2.47. The number of carboxylic acids is 1. The maximum Gasteiger partial charge on any atom is 0.416 e. The number of para-hydroxylation sites is 1. The second-order valence-corrected chi connectivity index (χ2v) is 12.8. The average molecular weight is 643 g/mol. The predicted octanol–water partition coefficient (Wildman–Crippen LogP) is 5.62. The predicted molar refractivity (Wildman–Crippen MR) is 162 cm³/mol. The van der Waals surface area contributed by atoms with E-state index in [1.807, 2.05) is 36.4 Å². The van der Waals surface area contributed by atoms with Crippen molar-refractivity contribution in [2.45, 2.75) is 74.8 Å². The number of halogens is 3. The molecule has 2 aromatic carbocycles. The molecule has 1 aromatic heterocycles. The third kappa shape index (κ3) is 6.63. The minimum absolute atomic E-state index is 0.0570. The van der Waals surface area contributed by atoms with Crippen molar-refractivity contribution in [1.82, 2.24) is 15.2 Å². The van der Waals surface area contributed by atoms with E-state index in [1.165, 1.54) is 28.4 Å². The first kappa shape index (κ1) is 30.9. The van der Waals surface area contributed by atoms with Gasteiger partial charge in [-0.25, -0.2) is 9.78 Å². The highest BCUT2D eigenvalue weighted by atomic mass is 32.1. The van der Waals surface area contributed by atoms with Gasteiger partial charge in [0.05, 0.1) is 22.3 Å². The van der Waals surface area contributed by atoms with Crippen molar-refractivity contribution in [3.05, 3.63) is 66.2 Å². The average Bonchev–Trinajstić information content (AvgIpc) is 3.31. The summed E-state index contributed by atoms with van der Waals surface area (Å²) < 4.78 is 46.6. The molecule has 2 aliphatic heterocycles. The van der Waals surface area contributed by atoms with Crippen molar-refractivity contribution in [2.75, 3.05) is 11.9 Å². The Hall–Kier alpha value is -4.13. The number of alkyl halides is 3. The van der Waals surface area contributed by atoms with Crippen LogP contribution in [0.3, 0.4) is 0 Å². The molecule has 1 saturated carbocycles. The smallest absolute Gasteiger partial charge is 0.416 e. The van der Waals surface area contributed by atoms with Gasteiger partial charge in [-0.1, -0.05) is 48.5 Å². The molecule has 0 spiro atoms. The Morgan fingerprint density at radius 3 is 2.62 bits per heavy atom. The minimum Gasteiger partial charge on any atom is -0.479 e. The van der Waals surface area contributed by atoms with Gasteiger partial charge in [0.15, 0.2) is 0 Å². The molecule has 0 radical (unpaired) electrons. The number of anilines is 1. The molecule has 1 saturated heterocycles. The fourth-order valence-corrected chi connectivity index (χ4v) is 7.03. The number of nitrogens with zero attached hydrogens (tertiary/aromatic N) is 2. The first-order valence-electron chi connectivity index (χ1n) is 15.0. The van der Waals surface area contributed by atoms with E-state index in [2.05, 4.69) is 15.6 Å². The normalized spacial score (nSPS) is 27.6. The van der Waals surface area contributed by atoms with Gasteiger partial charge in [-0.15, -0.1) is 0 Å². The van der Waals surface area contributed by atoms with Gasteiger partial charge in [0.25, 0.3) is 5.19 Å². The Morgan fingerprint density at radius 1 is 1.11 bits per heavy atom. The largest absolute Gasteiger partial charge is 0.479 e. The van der Waals surface area contributed by atoms with E-state index in [0.29, 0.717) is 23.7 Å². The standard InChI is InChI=1S/C32H33F3N4O5S/c33-32(34,35)19-12-14-21(15-13-19)36-24-10-5-3-1-2-4-8-20-17-31(20,29(42)43)38-27(40)25-16-22(18-39(25)28(24)41)44-30-37-23-9-6-7-11-26(23)45-30/h4,6-9,11-15,20,22,24-25,36H,1-3,5,10,16-18H2,(H,38,40)(H,42,43)/t20-,22-,24+,25+,31-/m1/s1. The number of carbonyl (C=O) groups excluding carboxylic acids is 2. The second kappa shape index (κ2) is 12.3. The lowest BCUT2D eigenvalue weighted by atomic mass is 10.0. The number of benzene rings is 2. The fraction of sp³-hybridized carbons (Fsp3) is 0.438. The molecule has 3 N–H and O–H groups in total. The SMILES string of the molecule is O=C1N[C@]2(C(=O)O)C[C@H]2C=CCCCCC[C@H](Nc2ccc(C(F)(F)F)cc2)C(=O)N2C[C@H](Oc3nc4ccccc4s3)C[C@@H]12. The Bertz CT molecular complexity index is 1580. The molecule has 5 atom stereocenters. The maximum absolute atomic E-state index is 14.2. The van der Waals surface area contributed by atoms with Crippen molar-refractivity contribution in [2.24, 2.45) is 5.92 Å². The van der Waals surface area contributed by atoms with Crippen LogP contribution in [-0.4, -0.2) is 63.0 Å². The van der Waals surface area contributed by atoms with Crippen LogP contribution in [0.2, 0.25) is 0 Å². The molecule has 45 heavy (non-hydrogen) atoms. The maximum atomic E-state index is 14.2. The van der Waals surface area contributed by atoms with Crippen molar-refractivity contribution < 1.29 is 37.4 Å². The summed E-state index contributed by atoms with van der Waals surface area (Å²) in [7, 11) is 0. The summed E-state index contributed by atoms with van der Waals surface area (Å²) in [6.45, 7) is 0.0570. The highest BCUT2D eigenvalue weighted by Gasteiger charge is 2.61. The van der Waals surface area contributed by atoms with Gasteiger partial charge in [-0.05, 0) is 62.1 Å². The second-order valence-electron chi connectivity index (χ2n) is 11.8. The Kier molecular flexibility index (Phi) is 8.47. The number of carboxylic acid groups (broad SMARTS) is 1. The van der Waals surface area contributed by atoms with Gasteiger partial charge in [-0.3, -0.25) is 9.59 Å². The van der Waals surface area contributed by atoms with Crippen molar-refractivity contribution >= 4 is 45.0 Å². The number of hydrogen-bond donors (Lipinski definition) is 3. The number of aromatic nitrogens is 1. The number of carbonyl (C=O) groups is 3. The van der Waals surface area contributed by atoms with Crippen LogP contribution in [0.15, 0.2) is 60.7 Å². The molecule has 9 nitrogen and oxygen atoms in total. The van der Waals surface area contributed by atoms with Gasteiger partial charge in [-0.2, -0.15) is 13.2 Å². The molecule has 3 aromatic rings. The number of ether oxygens (including phenoxy) is 1. The van der Waals surface area contributed by atoms with Crippen LogP contribution in [0.25, 0.3) is 10.2 Å². The van der Waals surface area contributed by atoms with E-state index >= 15 is 0 Å². The number of thiazole rings is 1. The third-order valence-corrected chi connectivity index (χ3v) is 9.64.